The zero-order valence-corrected chi connectivity index (χ0v) is 11.3. The van der Waals surface area contributed by atoms with Crippen LogP contribution >= 0.6 is 0 Å². The number of rotatable bonds is 4. The largest absolute Gasteiger partial charge is 0.455 e. The topological polar surface area (TPSA) is 63.7 Å². The molecule has 0 aliphatic carbocycles. The number of esters is 1. The van der Waals surface area contributed by atoms with Gasteiger partial charge < -0.3 is 9.64 Å². The molecule has 0 spiro atoms. The molecule has 5 nitrogen and oxygen atoms in total. The molecule has 0 radical (unpaired) electrons. The Balaban J connectivity index is 3.05. The van der Waals surface area contributed by atoms with E-state index in [-0.39, 0.29) is 11.6 Å². The Labute approximate surface area is 107 Å². The van der Waals surface area contributed by atoms with Gasteiger partial charge in [-0.3, -0.25) is 9.59 Å². The molecular formula is C13H19NO4. The lowest BCUT2D eigenvalue weighted by Gasteiger charge is -2.33. The van der Waals surface area contributed by atoms with Crippen LogP contribution in [0.1, 0.15) is 40.5 Å². The molecule has 1 amide bonds. The molecule has 100 valence electrons. The molecule has 0 bridgehead atoms. The van der Waals surface area contributed by atoms with E-state index in [1.165, 1.54) is 4.90 Å². The highest BCUT2D eigenvalue weighted by atomic mass is 16.6. The highest BCUT2D eigenvalue weighted by Crippen LogP contribution is 2.23. The third kappa shape index (κ3) is 3.18. The van der Waals surface area contributed by atoms with E-state index < -0.39 is 11.6 Å². The van der Waals surface area contributed by atoms with E-state index in [1.54, 1.807) is 27.7 Å². The van der Waals surface area contributed by atoms with E-state index in [4.69, 9.17) is 4.74 Å². The Morgan fingerprint density at radius 3 is 2.33 bits per heavy atom. The summed E-state index contributed by atoms with van der Waals surface area (Å²) < 4.78 is 5.24. The minimum Gasteiger partial charge on any atom is -0.455 e. The number of β-lactam (4-membered cyclic amide) rings is 1. The quantitative estimate of drug-likeness (QED) is 0.329. The van der Waals surface area contributed by atoms with Crippen LogP contribution in [0.2, 0.25) is 0 Å². The summed E-state index contributed by atoms with van der Waals surface area (Å²) in [5.74, 6) is -0.761. The summed E-state index contributed by atoms with van der Waals surface area (Å²) in [6.07, 6.45) is 1.41. The number of carbonyl (C=O) groups excluding carboxylic acids is 3. The summed E-state index contributed by atoms with van der Waals surface area (Å²) in [6, 6.07) is 0. The van der Waals surface area contributed by atoms with Crippen molar-refractivity contribution in [2.24, 2.45) is 0 Å². The summed E-state index contributed by atoms with van der Waals surface area (Å²) in [5.41, 5.74) is -0.256. The van der Waals surface area contributed by atoms with Gasteiger partial charge in [0.2, 0.25) is 5.91 Å². The third-order valence-corrected chi connectivity index (χ3v) is 2.54. The lowest BCUT2D eigenvalue weighted by molar-refractivity contribution is -0.156. The van der Waals surface area contributed by atoms with Crippen LogP contribution in [0.3, 0.4) is 0 Å². The first-order chi connectivity index (χ1) is 8.30. The molecule has 0 saturated carbocycles. The number of nitrogens with zero attached hydrogens (tertiary/aromatic N) is 1. The van der Waals surface area contributed by atoms with E-state index >= 15 is 0 Å². The van der Waals surface area contributed by atoms with E-state index in [2.05, 4.69) is 0 Å². The second-order valence-corrected chi connectivity index (χ2v) is 5.14. The highest BCUT2D eigenvalue weighted by molar-refractivity contribution is 6.00. The molecule has 0 atom stereocenters. The predicted molar refractivity (Wildman–Crippen MR) is 65.6 cm³/mol. The Kier molecular flexibility index (Phi) is 4.27. The molecule has 5 heteroatoms. The first-order valence-electron chi connectivity index (χ1n) is 6.02. The monoisotopic (exact) mass is 253 g/mol. The SMILES string of the molecule is CC/C(C=O)=C(/C(=O)OC(C)(C)C)N1CCC1=O. The Hall–Kier alpha value is -1.65. The molecule has 1 heterocycles. The minimum absolute atomic E-state index is 0.0960. The second-order valence-electron chi connectivity index (χ2n) is 5.14. The number of amides is 1. The number of ether oxygens (including phenoxy) is 1. The smallest absolute Gasteiger partial charge is 0.355 e. The van der Waals surface area contributed by atoms with Crippen LogP contribution in [0.15, 0.2) is 11.3 Å². The number of allylic oxidation sites excluding steroid dienone is 1. The van der Waals surface area contributed by atoms with E-state index in [0.717, 1.165) is 0 Å². The van der Waals surface area contributed by atoms with Crippen molar-refractivity contribution < 1.29 is 19.1 Å². The van der Waals surface area contributed by atoms with Crippen molar-refractivity contribution in [3.8, 4) is 0 Å². The van der Waals surface area contributed by atoms with Crippen molar-refractivity contribution >= 4 is 18.2 Å². The number of likely N-dealkylation sites (tertiary alicyclic amines) is 1. The fourth-order valence-electron chi connectivity index (χ4n) is 1.60. The highest BCUT2D eigenvalue weighted by Gasteiger charge is 2.35. The average Bonchev–Trinajstić information content (AvgIpc) is 2.24. The van der Waals surface area contributed by atoms with Crippen LogP contribution in [-0.4, -0.2) is 35.2 Å². The second kappa shape index (κ2) is 5.33. The summed E-state index contributed by atoms with van der Waals surface area (Å²) in [7, 11) is 0. The molecule has 1 aliphatic rings. The Morgan fingerprint density at radius 1 is 1.44 bits per heavy atom. The van der Waals surface area contributed by atoms with Gasteiger partial charge >= 0.3 is 5.97 Å². The number of aldehydes is 1. The number of carbonyl (C=O) groups is 3. The lowest BCUT2D eigenvalue weighted by Crippen LogP contribution is -2.46. The molecule has 1 saturated heterocycles. The van der Waals surface area contributed by atoms with Gasteiger partial charge in [0.05, 0.1) is 0 Å². The lowest BCUT2D eigenvalue weighted by atomic mass is 10.1. The van der Waals surface area contributed by atoms with Gasteiger partial charge in [-0.05, 0) is 27.2 Å². The first kappa shape index (κ1) is 14.4. The fourth-order valence-corrected chi connectivity index (χ4v) is 1.60. The molecule has 0 aromatic rings. The van der Waals surface area contributed by atoms with Crippen molar-refractivity contribution in [2.75, 3.05) is 6.54 Å². The Morgan fingerprint density at radius 2 is 2.06 bits per heavy atom. The van der Waals surface area contributed by atoms with E-state index in [0.29, 0.717) is 31.2 Å². The molecule has 0 aromatic carbocycles. The summed E-state index contributed by atoms with van der Waals surface area (Å²) >= 11 is 0. The van der Waals surface area contributed by atoms with Crippen molar-refractivity contribution in [3.63, 3.8) is 0 Å². The maximum Gasteiger partial charge on any atom is 0.355 e. The minimum atomic E-state index is -0.655. The van der Waals surface area contributed by atoms with E-state index in [1.807, 2.05) is 0 Å². The zero-order valence-electron chi connectivity index (χ0n) is 11.3. The van der Waals surface area contributed by atoms with Crippen LogP contribution in [-0.2, 0) is 19.1 Å². The molecule has 0 unspecified atom stereocenters. The summed E-state index contributed by atoms with van der Waals surface area (Å²) in [6.45, 7) is 7.45. The van der Waals surface area contributed by atoms with Gasteiger partial charge in [0.15, 0.2) is 0 Å². The van der Waals surface area contributed by atoms with Crippen molar-refractivity contribution in [1.82, 2.24) is 4.90 Å². The van der Waals surface area contributed by atoms with Crippen molar-refractivity contribution in [1.29, 1.82) is 0 Å². The average molecular weight is 253 g/mol. The molecule has 1 aliphatic heterocycles. The first-order valence-corrected chi connectivity index (χ1v) is 6.02. The summed E-state index contributed by atoms with van der Waals surface area (Å²) in [4.78, 5) is 35.8. The van der Waals surface area contributed by atoms with Gasteiger partial charge in [0.25, 0.3) is 0 Å². The Bertz CT molecular complexity index is 404. The standard InChI is InChI=1S/C13H19NO4/c1-5-9(8-15)11(14-7-6-10(14)16)12(17)18-13(2,3)4/h8H,5-7H2,1-4H3/b11-9+. The van der Waals surface area contributed by atoms with Gasteiger partial charge in [-0.1, -0.05) is 6.92 Å². The van der Waals surface area contributed by atoms with Gasteiger partial charge in [-0.2, -0.15) is 0 Å². The van der Waals surface area contributed by atoms with Gasteiger partial charge in [-0.25, -0.2) is 4.79 Å². The molecule has 0 N–H and O–H groups in total. The van der Waals surface area contributed by atoms with Gasteiger partial charge in [0.1, 0.15) is 17.6 Å². The molecule has 1 rings (SSSR count). The zero-order chi connectivity index (χ0) is 13.9. The van der Waals surface area contributed by atoms with Crippen molar-refractivity contribution in [2.45, 2.75) is 46.1 Å². The predicted octanol–water partition coefficient (Wildman–Crippen LogP) is 1.42. The van der Waals surface area contributed by atoms with E-state index in [9.17, 15) is 14.4 Å². The molecule has 1 fully saturated rings. The molecule has 0 aromatic heterocycles. The van der Waals surface area contributed by atoms with Crippen LogP contribution in [0.25, 0.3) is 0 Å². The van der Waals surface area contributed by atoms with Crippen molar-refractivity contribution in [3.05, 3.63) is 11.3 Å². The van der Waals surface area contributed by atoms with Crippen LogP contribution in [0.5, 0.6) is 0 Å². The van der Waals surface area contributed by atoms with Crippen LogP contribution < -0.4 is 0 Å². The number of hydrogen-bond acceptors (Lipinski definition) is 4. The maximum absolute atomic E-state index is 12.1. The summed E-state index contributed by atoms with van der Waals surface area (Å²) in [5, 5.41) is 0. The maximum atomic E-state index is 12.1. The van der Waals surface area contributed by atoms with Crippen LogP contribution in [0, 0.1) is 0 Å². The fraction of sp³-hybridized carbons (Fsp3) is 0.615. The van der Waals surface area contributed by atoms with Gasteiger partial charge in [0, 0.05) is 18.5 Å². The molecular weight excluding hydrogens is 234 g/mol. The number of hydrogen-bond donors (Lipinski definition) is 0. The normalized spacial score (nSPS) is 16.9. The van der Waals surface area contributed by atoms with Crippen LogP contribution in [0.4, 0.5) is 0 Å². The third-order valence-electron chi connectivity index (χ3n) is 2.54. The molecule has 18 heavy (non-hydrogen) atoms. The van der Waals surface area contributed by atoms with Gasteiger partial charge in [-0.15, -0.1) is 0 Å².